The zero-order chi connectivity index (χ0) is 11.9. The van der Waals surface area contributed by atoms with E-state index in [1.807, 2.05) is 6.92 Å². The Morgan fingerprint density at radius 1 is 1.56 bits per heavy atom. The molecule has 1 aromatic rings. The van der Waals surface area contributed by atoms with Crippen molar-refractivity contribution in [2.45, 2.75) is 31.7 Å². The van der Waals surface area contributed by atoms with Gasteiger partial charge < -0.3 is 10.2 Å². The minimum absolute atomic E-state index is 0.0286. The molecule has 2 rings (SSSR count). The zero-order valence-electron chi connectivity index (χ0n) is 8.88. The Kier molecular flexibility index (Phi) is 2.46. The lowest BCUT2D eigenvalue weighted by Crippen LogP contribution is -2.26. The lowest BCUT2D eigenvalue weighted by atomic mass is 9.99. The summed E-state index contributed by atoms with van der Waals surface area (Å²) in [5, 5.41) is 18.4. The first-order valence-corrected chi connectivity index (χ1v) is 5.22. The lowest BCUT2D eigenvalue weighted by Gasteiger charge is -2.09. The highest BCUT2D eigenvalue weighted by Gasteiger charge is 2.35. The van der Waals surface area contributed by atoms with Crippen LogP contribution < -0.4 is 5.56 Å². The van der Waals surface area contributed by atoms with Gasteiger partial charge in [0.15, 0.2) is 0 Å². The molecule has 0 radical (unpaired) electrons. The fourth-order valence-electron chi connectivity index (χ4n) is 2.32. The Morgan fingerprint density at radius 3 is 2.81 bits per heavy atom. The molecule has 0 aliphatic carbocycles. The monoisotopic (exact) mass is 223 g/mol. The first-order valence-electron chi connectivity index (χ1n) is 5.22. The number of carboxylic acid groups (broad SMARTS) is 1. The van der Waals surface area contributed by atoms with Crippen molar-refractivity contribution >= 4 is 5.97 Å². The molecule has 5 heteroatoms. The zero-order valence-corrected chi connectivity index (χ0v) is 8.88. The molecule has 1 aliphatic rings. The highest BCUT2D eigenvalue weighted by molar-refractivity contribution is 5.73. The minimum Gasteiger partial charge on any atom is -0.508 e. The predicted molar refractivity (Wildman–Crippen MR) is 56.7 cm³/mol. The summed E-state index contributed by atoms with van der Waals surface area (Å²) in [7, 11) is 0. The number of carbonyl (C=O) groups is 1. The van der Waals surface area contributed by atoms with Crippen LogP contribution in [-0.4, -0.2) is 20.7 Å². The molecule has 0 aromatic carbocycles. The molecule has 0 fully saturated rings. The van der Waals surface area contributed by atoms with Gasteiger partial charge in [-0.05, 0) is 18.9 Å². The first kappa shape index (κ1) is 10.7. The number of hydrogen-bond acceptors (Lipinski definition) is 3. The van der Waals surface area contributed by atoms with Gasteiger partial charge in [0, 0.05) is 17.7 Å². The quantitative estimate of drug-likeness (QED) is 0.786. The van der Waals surface area contributed by atoms with E-state index in [4.69, 9.17) is 5.11 Å². The molecule has 86 valence electrons. The second-order valence-corrected chi connectivity index (χ2v) is 4.04. The predicted octanol–water partition coefficient (Wildman–Crippen LogP) is 1.08. The summed E-state index contributed by atoms with van der Waals surface area (Å²) in [6, 6.07) is 1.74. The number of fused-ring (bicyclic) bond motifs is 1. The van der Waals surface area contributed by atoms with Gasteiger partial charge >= 0.3 is 5.97 Å². The van der Waals surface area contributed by atoms with E-state index in [0.717, 1.165) is 12.5 Å². The van der Waals surface area contributed by atoms with Crippen LogP contribution in [0, 0.1) is 0 Å². The average Bonchev–Trinajstić information content (AvgIpc) is 2.56. The summed E-state index contributed by atoms with van der Waals surface area (Å²) in [4.78, 5) is 22.7. The summed E-state index contributed by atoms with van der Waals surface area (Å²) in [5.74, 6) is -1.06. The molecular formula is C11H13NO4. The van der Waals surface area contributed by atoms with Gasteiger partial charge in [-0.25, -0.2) is 4.79 Å². The van der Waals surface area contributed by atoms with Crippen LogP contribution >= 0.6 is 0 Å². The molecule has 0 amide bonds. The molecular weight excluding hydrogens is 210 g/mol. The number of aromatic nitrogens is 1. The van der Waals surface area contributed by atoms with Gasteiger partial charge in [-0.15, -0.1) is 0 Å². The van der Waals surface area contributed by atoms with Crippen molar-refractivity contribution in [2.24, 2.45) is 0 Å². The maximum Gasteiger partial charge on any atom is 0.326 e. The molecule has 2 heterocycles. The number of rotatable bonds is 2. The number of carboxylic acids is 1. The van der Waals surface area contributed by atoms with E-state index in [1.54, 1.807) is 0 Å². The molecule has 2 N–H and O–H groups in total. The van der Waals surface area contributed by atoms with Crippen molar-refractivity contribution in [1.82, 2.24) is 4.57 Å². The molecule has 0 saturated heterocycles. The number of aromatic hydroxyl groups is 1. The number of pyridine rings is 1. The third-order valence-electron chi connectivity index (χ3n) is 3.10. The number of aliphatic carboxylic acids is 1. The van der Waals surface area contributed by atoms with Crippen molar-refractivity contribution < 1.29 is 15.0 Å². The first-order chi connectivity index (χ1) is 7.54. The van der Waals surface area contributed by atoms with Crippen LogP contribution in [-0.2, 0) is 4.79 Å². The standard InChI is InChI=1S/C11H13NO4/c1-2-6-3-9(11(15)16)12-8(6)4-7(13)5-10(12)14/h4-6,9,13H,2-3H2,1H3,(H,15,16). The molecule has 0 saturated carbocycles. The van der Waals surface area contributed by atoms with Gasteiger partial charge in [0.2, 0.25) is 0 Å². The van der Waals surface area contributed by atoms with E-state index in [2.05, 4.69) is 0 Å². The van der Waals surface area contributed by atoms with E-state index in [1.165, 1.54) is 10.6 Å². The van der Waals surface area contributed by atoms with Crippen LogP contribution in [0.25, 0.3) is 0 Å². The number of nitrogens with zero attached hydrogens (tertiary/aromatic N) is 1. The second kappa shape index (κ2) is 3.66. The van der Waals surface area contributed by atoms with Crippen LogP contribution in [0.4, 0.5) is 0 Å². The Balaban J connectivity index is 2.62. The van der Waals surface area contributed by atoms with E-state index < -0.39 is 17.6 Å². The Hall–Kier alpha value is -1.78. The molecule has 5 nitrogen and oxygen atoms in total. The summed E-state index contributed by atoms with van der Waals surface area (Å²) in [6.45, 7) is 1.94. The minimum atomic E-state index is -0.995. The van der Waals surface area contributed by atoms with Crippen molar-refractivity contribution in [3.8, 4) is 5.75 Å². The third-order valence-corrected chi connectivity index (χ3v) is 3.10. The molecule has 1 aliphatic heterocycles. The van der Waals surface area contributed by atoms with Crippen molar-refractivity contribution in [1.29, 1.82) is 0 Å². The largest absolute Gasteiger partial charge is 0.508 e. The van der Waals surface area contributed by atoms with E-state index in [9.17, 15) is 14.7 Å². The fraction of sp³-hybridized carbons (Fsp3) is 0.455. The maximum absolute atomic E-state index is 11.6. The molecule has 1 aromatic heterocycles. The van der Waals surface area contributed by atoms with Crippen molar-refractivity contribution in [2.75, 3.05) is 0 Å². The van der Waals surface area contributed by atoms with Crippen LogP contribution in [0.3, 0.4) is 0 Å². The SMILES string of the molecule is CCC1CC(C(=O)O)n2c1cc(O)cc2=O. The Bertz CT molecular complexity index is 491. The van der Waals surface area contributed by atoms with Gasteiger partial charge in [0.05, 0.1) is 0 Å². The van der Waals surface area contributed by atoms with Gasteiger partial charge in [-0.1, -0.05) is 6.92 Å². The lowest BCUT2D eigenvalue weighted by molar-refractivity contribution is -0.140. The summed E-state index contributed by atoms with van der Waals surface area (Å²) in [6.07, 6.45) is 1.18. The number of hydrogen-bond donors (Lipinski definition) is 2. The Labute approximate surface area is 92.0 Å². The van der Waals surface area contributed by atoms with Crippen LogP contribution in [0.5, 0.6) is 5.75 Å². The maximum atomic E-state index is 11.6. The van der Waals surface area contributed by atoms with Crippen LogP contribution in [0.1, 0.15) is 37.4 Å². The third kappa shape index (κ3) is 1.48. The van der Waals surface area contributed by atoms with Gasteiger partial charge in [-0.3, -0.25) is 9.36 Å². The molecule has 2 atom stereocenters. The highest BCUT2D eigenvalue weighted by atomic mass is 16.4. The molecule has 0 spiro atoms. The van der Waals surface area contributed by atoms with E-state index in [0.29, 0.717) is 12.1 Å². The average molecular weight is 223 g/mol. The summed E-state index contributed by atoms with van der Waals surface area (Å²) in [5.41, 5.74) is 0.179. The Morgan fingerprint density at radius 2 is 2.25 bits per heavy atom. The highest BCUT2D eigenvalue weighted by Crippen LogP contribution is 2.37. The summed E-state index contributed by atoms with van der Waals surface area (Å²) < 4.78 is 1.27. The molecule has 2 unspecified atom stereocenters. The van der Waals surface area contributed by atoms with Crippen LogP contribution in [0.15, 0.2) is 16.9 Å². The molecule has 0 bridgehead atoms. The summed E-state index contributed by atoms with van der Waals surface area (Å²) >= 11 is 0. The topological polar surface area (TPSA) is 79.5 Å². The van der Waals surface area contributed by atoms with Gasteiger partial charge in [-0.2, -0.15) is 0 Å². The molecule has 16 heavy (non-hydrogen) atoms. The van der Waals surface area contributed by atoms with E-state index >= 15 is 0 Å². The van der Waals surface area contributed by atoms with Crippen molar-refractivity contribution in [3.63, 3.8) is 0 Å². The van der Waals surface area contributed by atoms with Crippen molar-refractivity contribution in [3.05, 3.63) is 28.2 Å². The smallest absolute Gasteiger partial charge is 0.326 e. The van der Waals surface area contributed by atoms with Gasteiger partial charge in [0.25, 0.3) is 5.56 Å². The second-order valence-electron chi connectivity index (χ2n) is 4.04. The van der Waals surface area contributed by atoms with Crippen LogP contribution in [0.2, 0.25) is 0 Å². The van der Waals surface area contributed by atoms with E-state index in [-0.39, 0.29) is 11.7 Å². The van der Waals surface area contributed by atoms with Gasteiger partial charge in [0.1, 0.15) is 11.8 Å². The normalized spacial score (nSPS) is 23.1. The fourth-order valence-corrected chi connectivity index (χ4v) is 2.32.